The van der Waals surface area contributed by atoms with Gasteiger partial charge in [-0.3, -0.25) is 0 Å². The number of halogens is 2. The standard InChI is InChI=1S/C16H24Cl2N2O2/c1-10(9-19-15(21)22-16(3,4)5)20-11(2)12-7-6-8-13(17)14(12)18/h6-8,10-11,20H,9H2,1-5H3,(H,19,21). The van der Waals surface area contributed by atoms with Gasteiger partial charge in [-0.25, -0.2) is 4.79 Å². The molecule has 0 saturated heterocycles. The molecule has 2 atom stereocenters. The van der Waals surface area contributed by atoms with Gasteiger partial charge < -0.3 is 15.4 Å². The molecule has 0 aliphatic heterocycles. The maximum Gasteiger partial charge on any atom is 0.407 e. The minimum atomic E-state index is -0.498. The van der Waals surface area contributed by atoms with Gasteiger partial charge in [0.15, 0.2) is 0 Å². The maximum atomic E-state index is 11.6. The highest BCUT2D eigenvalue weighted by Crippen LogP contribution is 2.29. The molecule has 0 aromatic heterocycles. The van der Waals surface area contributed by atoms with Gasteiger partial charge in [0.05, 0.1) is 10.0 Å². The Bertz CT molecular complexity index is 515. The maximum absolute atomic E-state index is 11.6. The number of hydrogen-bond donors (Lipinski definition) is 2. The molecule has 124 valence electrons. The fourth-order valence-corrected chi connectivity index (χ4v) is 2.45. The SMILES string of the molecule is CC(CNC(=O)OC(C)(C)C)NC(C)c1cccc(Cl)c1Cl. The van der Waals surface area contributed by atoms with Crippen LogP contribution in [-0.4, -0.2) is 24.3 Å². The van der Waals surface area contributed by atoms with Crippen LogP contribution in [0.4, 0.5) is 4.79 Å². The largest absolute Gasteiger partial charge is 0.444 e. The molecule has 0 saturated carbocycles. The van der Waals surface area contributed by atoms with Crippen molar-refractivity contribution in [1.82, 2.24) is 10.6 Å². The first-order valence-corrected chi connectivity index (χ1v) is 8.02. The van der Waals surface area contributed by atoms with Crippen molar-refractivity contribution in [2.75, 3.05) is 6.54 Å². The molecule has 0 fully saturated rings. The summed E-state index contributed by atoms with van der Waals surface area (Å²) in [5, 5.41) is 7.19. The van der Waals surface area contributed by atoms with Crippen LogP contribution in [0.5, 0.6) is 0 Å². The molecule has 2 N–H and O–H groups in total. The molecular formula is C16H24Cl2N2O2. The first-order chi connectivity index (χ1) is 10.1. The van der Waals surface area contributed by atoms with E-state index in [2.05, 4.69) is 10.6 Å². The van der Waals surface area contributed by atoms with Crippen LogP contribution in [0.15, 0.2) is 18.2 Å². The fraction of sp³-hybridized carbons (Fsp3) is 0.562. The Hall–Kier alpha value is -0.970. The summed E-state index contributed by atoms with van der Waals surface area (Å²) in [7, 11) is 0. The molecule has 0 aliphatic carbocycles. The van der Waals surface area contributed by atoms with Gasteiger partial charge in [0, 0.05) is 18.6 Å². The van der Waals surface area contributed by atoms with Crippen LogP contribution in [0, 0.1) is 0 Å². The van der Waals surface area contributed by atoms with Crippen LogP contribution >= 0.6 is 23.2 Å². The van der Waals surface area contributed by atoms with Crippen molar-refractivity contribution in [3.8, 4) is 0 Å². The molecule has 1 aromatic carbocycles. The molecule has 1 rings (SSSR count). The number of alkyl carbamates (subject to hydrolysis) is 1. The number of carbonyl (C=O) groups excluding carboxylic acids is 1. The zero-order chi connectivity index (χ0) is 16.9. The Morgan fingerprint density at radius 2 is 1.91 bits per heavy atom. The molecule has 2 unspecified atom stereocenters. The van der Waals surface area contributed by atoms with E-state index in [0.29, 0.717) is 16.6 Å². The Morgan fingerprint density at radius 1 is 1.27 bits per heavy atom. The van der Waals surface area contributed by atoms with Crippen molar-refractivity contribution in [2.24, 2.45) is 0 Å². The van der Waals surface area contributed by atoms with Gasteiger partial charge in [-0.15, -0.1) is 0 Å². The number of ether oxygens (including phenoxy) is 1. The summed E-state index contributed by atoms with van der Waals surface area (Å²) in [6.45, 7) is 9.93. The van der Waals surface area contributed by atoms with E-state index < -0.39 is 11.7 Å². The molecule has 0 bridgehead atoms. The first-order valence-electron chi connectivity index (χ1n) is 7.27. The molecule has 22 heavy (non-hydrogen) atoms. The summed E-state index contributed by atoms with van der Waals surface area (Å²) < 4.78 is 5.20. The first kappa shape index (κ1) is 19.1. The minimum absolute atomic E-state index is 0.0154. The van der Waals surface area contributed by atoms with E-state index in [1.54, 1.807) is 6.07 Å². The van der Waals surface area contributed by atoms with Crippen LogP contribution in [0.1, 0.15) is 46.2 Å². The molecule has 1 amide bonds. The summed E-state index contributed by atoms with van der Waals surface area (Å²) in [6.07, 6.45) is -0.422. The Morgan fingerprint density at radius 3 is 2.50 bits per heavy atom. The van der Waals surface area contributed by atoms with Gasteiger partial charge in [0.2, 0.25) is 0 Å². The second kappa shape index (κ2) is 8.04. The highest BCUT2D eigenvalue weighted by Gasteiger charge is 2.18. The third kappa shape index (κ3) is 6.42. The van der Waals surface area contributed by atoms with E-state index in [-0.39, 0.29) is 12.1 Å². The smallest absolute Gasteiger partial charge is 0.407 e. The average molecular weight is 347 g/mol. The van der Waals surface area contributed by atoms with Crippen LogP contribution in [0.3, 0.4) is 0 Å². The van der Waals surface area contributed by atoms with E-state index in [1.807, 2.05) is 46.8 Å². The number of benzene rings is 1. The second-order valence-corrected chi connectivity index (χ2v) is 7.10. The van der Waals surface area contributed by atoms with E-state index in [1.165, 1.54) is 0 Å². The Kier molecular flexibility index (Phi) is 6.98. The predicted octanol–water partition coefficient (Wildman–Crippen LogP) is 4.56. The summed E-state index contributed by atoms with van der Waals surface area (Å²) in [6, 6.07) is 5.62. The van der Waals surface area contributed by atoms with Crippen LogP contribution < -0.4 is 10.6 Å². The molecule has 0 aliphatic rings. The molecule has 0 radical (unpaired) electrons. The van der Waals surface area contributed by atoms with Gasteiger partial charge in [0.25, 0.3) is 0 Å². The molecule has 0 heterocycles. The lowest BCUT2D eigenvalue weighted by Crippen LogP contribution is -2.42. The van der Waals surface area contributed by atoms with Gasteiger partial charge in [-0.1, -0.05) is 35.3 Å². The zero-order valence-corrected chi connectivity index (χ0v) is 15.2. The van der Waals surface area contributed by atoms with Crippen molar-refractivity contribution < 1.29 is 9.53 Å². The van der Waals surface area contributed by atoms with Crippen molar-refractivity contribution in [3.05, 3.63) is 33.8 Å². The van der Waals surface area contributed by atoms with Gasteiger partial charge in [0.1, 0.15) is 5.60 Å². The van der Waals surface area contributed by atoms with Crippen molar-refractivity contribution >= 4 is 29.3 Å². The van der Waals surface area contributed by atoms with Crippen molar-refractivity contribution in [2.45, 2.75) is 52.3 Å². The van der Waals surface area contributed by atoms with Gasteiger partial charge in [-0.2, -0.15) is 0 Å². The number of amides is 1. The Balaban J connectivity index is 2.49. The molecule has 1 aromatic rings. The van der Waals surface area contributed by atoms with E-state index in [0.717, 1.165) is 5.56 Å². The number of rotatable bonds is 5. The highest BCUT2D eigenvalue weighted by molar-refractivity contribution is 6.42. The summed E-state index contributed by atoms with van der Waals surface area (Å²) >= 11 is 12.2. The van der Waals surface area contributed by atoms with E-state index >= 15 is 0 Å². The van der Waals surface area contributed by atoms with Crippen LogP contribution in [-0.2, 0) is 4.74 Å². The predicted molar refractivity (Wildman–Crippen MR) is 91.7 cm³/mol. The van der Waals surface area contributed by atoms with E-state index in [4.69, 9.17) is 27.9 Å². The minimum Gasteiger partial charge on any atom is -0.444 e. The lowest BCUT2D eigenvalue weighted by molar-refractivity contribution is 0.0522. The topological polar surface area (TPSA) is 50.4 Å². The van der Waals surface area contributed by atoms with Gasteiger partial charge >= 0.3 is 6.09 Å². The van der Waals surface area contributed by atoms with Crippen molar-refractivity contribution in [3.63, 3.8) is 0 Å². The lowest BCUT2D eigenvalue weighted by atomic mass is 10.1. The molecule has 0 spiro atoms. The summed E-state index contributed by atoms with van der Waals surface area (Å²) in [5.74, 6) is 0. The Labute approximate surface area is 142 Å². The third-order valence-electron chi connectivity index (χ3n) is 2.93. The molecule has 6 heteroatoms. The number of nitrogens with one attached hydrogen (secondary N) is 2. The quantitative estimate of drug-likeness (QED) is 0.821. The average Bonchev–Trinajstić information content (AvgIpc) is 2.37. The highest BCUT2D eigenvalue weighted by atomic mass is 35.5. The lowest BCUT2D eigenvalue weighted by Gasteiger charge is -2.23. The second-order valence-electron chi connectivity index (χ2n) is 6.32. The third-order valence-corrected chi connectivity index (χ3v) is 3.77. The van der Waals surface area contributed by atoms with Crippen molar-refractivity contribution in [1.29, 1.82) is 0 Å². The number of carbonyl (C=O) groups is 1. The van der Waals surface area contributed by atoms with E-state index in [9.17, 15) is 4.79 Å². The molecule has 4 nitrogen and oxygen atoms in total. The zero-order valence-electron chi connectivity index (χ0n) is 13.7. The van der Waals surface area contributed by atoms with Crippen LogP contribution in [0.2, 0.25) is 10.0 Å². The summed E-state index contributed by atoms with van der Waals surface area (Å²) in [5.41, 5.74) is 0.431. The monoisotopic (exact) mass is 346 g/mol. The molecular weight excluding hydrogens is 323 g/mol. The number of hydrogen-bond acceptors (Lipinski definition) is 3. The summed E-state index contributed by atoms with van der Waals surface area (Å²) in [4.78, 5) is 11.6. The van der Waals surface area contributed by atoms with Crippen LogP contribution in [0.25, 0.3) is 0 Å². The normalized spacial score (nSPS) is 14.3. The fourth-order valence-electron chi connectivity index (χ4n) is 1.98. The van der Waals surface area contributed by atoms with Gasteiger partial charge in [-0.05, 0) is 46.2 Å².